The number of halogens is 1. The van der Waals surface area contributed by atoms with Crippen molar-refractivity contribution < 1.29 is 19.8 Å². The summed E-state index contributed by atoms with van der Waals surface area (Å²) in [6.07, 6.45) is 0.981. The second kappa shape index (κ2) is 7.78. The first-order valence-corrected chi connectivity index (χ1v) is 9.59. The minimum Gasteiger partial charge on any atom is -0.478 e. The van der Waals surface area contributed by atoms with E-state index in [1.807, 2.05) is 0 Å². The molecule has 1 aliphatic rings. The monoisotopic (exact) mass is 423 g/mol. The number of aromatic carboxylic acids is 1. The summed E-state index contributed by atoms with van der Waals surface area (Å²) in [6, 6.07) is 12.8. The Bertz CT molecular complexity index is 1150. The number of rotatable bonds is 4. The number of hydrogen-bond donors (Lipinski definition) is 4. The summed E-state index contributed by atoms with van der Waals surface area (Å²) in [4.78, 5) is 28.2. The zero-order valence-electron chi connectivity index (χ0n) is 15.7. The lowest BCUT2D eigenvalue weighted by atomic mass is 10.0. The second-order valence-electron chi connectivity index (χ2n) is 7.11. The standard InChI is InChI=1S/C22H18ClN3O4/c23-13-3-6-18(24)15(8-13)12-7-16-19(27)9-17(20(16)25-10-12)21(28)26-14-4-1-11(2-5-14)22(29)30/h1-8,10,17,19,27H,9,24H2,(H,26,28)(H,29,30). The first-order chi connectivity index (χ1) is 14.3. The van der Waals surface area contributed by atoms with E-state index in [1.54, 1.807) is 30.5 Å². The fraction of sp³-hybridized carbons (Fsp3) is 0.136. The quantitative estimate of drug-likeness (QED) is 0.472. The Balaban J connectivity index is 1.59. The number of anilines is 2. The van der Waals surface area contributed by atoms with Crippen LogP contribution in [0.25, 0.3) is 11.1 Å². The largest absolute Gasteiger partial charge is 0.478 e. The van der Waals surface area contributed by atoms with Crippen LogP contribution in [0.15, 0.2) is 54.7 Å². The SMILES string of the molecule is Nc1ccc(Cl)cc1-c1cnc2c(c1)C(O)CC2C(=O)Nc1ccc(C(=O)O)cc1. The number of pyridine rings is 1. The van der Waals surface area contributed by atoms with Gasteiger partial charge in [0, 0.05) is 39.3 Å². The molecule has 0 saturated carbocycles. The average Bonchev–Trinajstić information content (AvgIpc) is 3.06. The van der Waals surface area contributed by atoms with E-state index in [1.165, 1.54) is 24.3 Å². The van der Waals surface area contributed by atoms with E-state index in [4.69, 9.17) is 22.4 Å². The predicted molar refractivity (Wildman–Crippen MR) is 113 cm³/mol. The molecule has 152 valence electrons. The number of benzene rings is 2. The van der Waals surface area contributed by atoms with E-state index in [0.717, 1.165) is 0 Å². The summed E-state index contributed by atoms with van der Waals surface area (Å²) in [5, 5.41) is 22.8. The summed E-state index contributed by atoms with van der Waals surface area (Å²) in [5.74, 6) is -1.99. The van der Waals surface area contributed by atoms with Crippen molar-refractivity contribution in [3.63, 3.8) is 0 Å². The van der Waals surface area contributed by atoms with Crippen LogP contribution in [0.2, 0.25) is 5.02 Å². The minimum absolute atomic E-state index is 0.129. The number of hydrogen-bond acceptors (Lipinski definition) is 5. The van der Waals surface area contributed by atoms with Gasteiger partial charge in [-0.15, -0.1) is 0 Å². The Morgan fingerprint density at radius 2 is 1.87 bits per heavy atom. The van der Waals surface area contributed by atoms with Gasteiger partial charge in [-0.2, -0.15) is 0 Å². The Morgan fingerprint density at radius 3 is 2.57 bits per heavy atom. The smallest absolute Gasteiger partial charge is 0.335 e. The van der Waals surface area contributed by atoms with Gasteiger partial charge < -0.3 is 21.3 Å². The van der Waals surface area contributed by atoms with Gasteiger partial charge in [-0.3, -0.25) is 9.78 Å². The number of carbonyl (C=O) groups excluding carboxylic acids is 1. The summed E-state index contributed by atoms with van der Waals surface area (Å²) >= 11 is 6.07. The maximum atomic E-state index is 12.8. The molecule has 1 aliphatic carbocycles. The number of aliphatic hydroxyl groups is 1. The van der Waals surface area contributed by atoms with E-state index >= 15 is 0 Å². The number of aliphatic hydroxyl groups excluding tert-OH is 1. The third-order valence-electron chi connectivity index (χ3n) is 5.14. The first-order valence-electron chi connectivity index (χ1n) is 9.21. The highest BCUT2D eigenvalue weighted by Crippen LogP contribution is 2.42. The number of nitrogen functional groups attached to an aromatic ring is 1. The number of nitrogens with two attached hydrogens (primary N) is 1. The van der Waals surface area contributed by atoms with Crippen molar-refractivity contribution >= 4 is 34.9 Å². The van der Waals surface area contributed by atoms with Crippen LogP contribution in [0.3, 0.4) is 0 Å². The highest BCUT2D eigenvalue weighted by molar-refractivity contribution is 6.31. The van der Waals surface area contributed by atoms with E-state index in [9.17, 15) is 14.7 Å². The lowest BCUT2D eigenvalue weighted by molar-refractivity contribution is -0.118. The van der Waals surface area contributed by atoms with Gasteiger partial charge in [-0.05, 0) is 55.0 Å². The third-order valence-corrected chi connectivity index (χ3v) is 5.37. The van der Waals surface area contributed by atoms with E-state index in [-0.39, 0.29) is 17.9 Å². The molecule has 2 unspecified atom stereocenters. The second-order valence-corrected chi connectivity index (χ2v) is 7.54. The normalized spacial score (nSPS) is 17.4. The maximum absolute atomic E-state index is 12.8. The number of carboxylic acids is 1. The van der Waals surface area contributed by atoms with Crippen molar-refractivity contribution in [2.24, 2.45) is 0 Å². The van der Waals surface area contributed by atoms with Crippen LogP contribution in [0.5, 0.6) is 0 Å². The minimum atomic E-state index is -1.04. The van der Waals surface area contributed by atoms with Gasteiger partial charge in [0.05, 0.1) is 23.3 Å². The Morgan fingerprint density at radius 1 is 1.13 bits per heavy atom. The number of carboxylic acid groups (broad SMARTS) is 1. The molecule has 0 aliphatic heterocycles. The molecule has 2 aromatic carbocycles. The summed E-state index contributed by atoms with van der Waals surface area (Å²) in [6.45, 7) is 0. The Labute approximate surface area is 177 Å². The fourth-order valence-electron chi connectivity index (χ4n) is 3.59. The molecule has 7 nitrogen and oxygen atoms in total. The van der Waals surface area contributed by atoms with Gasteiger partial charge in [0.15, 0.2) is 0 Å². The number of nitrogens with one attached hydrogen (secondary N) is 1. The zero-order chi connectivity index (χ0) is 21.4. The number of carbonyl (C=O) groups is 2. The van der Waals surface area contributed by atoms with E-state index < -0.39 is 18.0 Å². The Kier molecular flexibility index (Phi) is 5.15. The molecule has 1 amide bonds. The van der Waals surface area contributed by atoms with Gasteiger partial charge in [-0.25, -0.2) is 4.79 Å². The van der Waals surface area contributed by atoms with E-state index in [2.05, 4.69) is 10.3 Å². The molecule has 30 heavy (non-hydrogen) atoms. The Hall–Kier alpha value is -3.42. The molecule has 0 spiro atoms. The number of aromatic nitrogens is 1. The van der Waals surface area contributed by atoms with Crippen LogP contribution in [-0.4, -0.2) is 27.1 Å². The molecule has 0 fully saturated rings. The van der Waals surface area contributed by atoms with Gasteiger partial charge in [-0.1, -0.05) is 11.6 Å². The molecule has 3 aromatic rings. The van der Waals surface area contributed by atoms with Crippen molar-refractivity contribution in [1.29, 1.82) is 0 Å². The molecule has 1 heterocycles. The van der Waals surface area contributed by atoms with Gasteiger partial charge in [0.25, 0.3) is 0 Å². The molecule has 4 rings (SSSR count). The number of nitrogens with zero attached hydrogens (tertiary/aromatic N) is 1. The van der Waals surface area contributed by atoms with Crippen LogP contribution >= 0.6 is 11.6 Å². The van der Waals surface area contributed by atoms with Crippen LogP contribution in [0, 0.1) is 0 Å². The van der Waals surface area contributed by atoms with Crippen LogP contribution in [-0.2, 0) is 4.79 Å². The van der Waals surface area contributed by atoms with Crippen LogP contribution in [0.4, 0.5) is 11.4 Å². The molecule has 0 radical (unpaired) electrons. The average molecular weight is 424 g/mol. The highest BCUT2D eigenvalue weighted by atomic mass is 35.5. The maximum Gasteiger partial charge on any atom is 0.335 e. The molecule has 0 bridgehead atoms. The van der Waals surface area contributed by atoms with Crippen molar-refractivity contribution in [1.82, 2.24) is 4.98 Å². The molecule has 2 atom stereocenters. The molecular formula is C22H18ClN3O4. The van der Waals surface area contributed by atoms with E-state index in [0.29, 0.717) is 38.8 Å². The highest BCUT2D eigenvalue weighted by Gasteiger charge is 2.36. The van der Waals surface area contributed by atoms with Crippen molar-refractivity contribution in [3.05, 3.63) is 76.6 Å². The lowest BCUT2D eigenvalue weighted by Gasteiger charge is -2.12. The first kappa shape index (κ1) is 19.9. The summed E-state index contributed by atoms with van der Waals surface area (Å²) in [5.41, 5.74) is 9.67. The van der Waals surface area contributed by atoms with Crippen molar-refractivity contribution in [2.45, 2.75) is 18.4 Å². The van der Waals surface area contributed by atoms with Gasteiger partial charge in [0.1, 0.15) is 0 Å². The number of fused-ring (bicyclic) bond motifs is 1. The van der Waals surface area contributed by atoms with Crippen LogP contribution in [0.1, 0.15) is 40.1 Å². The molecule has 1 aromatic heterocycles. The van der Waals surface area contributed by atoms with Gasteiger partial charge in [0.2, 0.25) is 5.91 Å². The number of amides is 1. The molecule has 5 N–H and O–H groups in total. The molecular weight excluding hydrogens is 406 g/mol. The van der Waals surface area contributed by atoms with Gasteiger partial charge >= 0.3 is 5.97 Å². The zero-order valence-corrected chi connectivity index (χ0v) is 16.4. The molecule has 8 heteroatoms. The van der Waals surface area contributed by atoms with Crippen molar-refractivity contribution in [2.75, 3.05) is 11.1 Å². The third kappa shape index (κ3) is 3.72. The van der Waals surface area contributed by atoms with Crippen LogP contribution < -0.4 is 11.1 Å². The van der Waals surface area contributed by atoms with Crippen molar-refractivity contribution in [3.8, 4) is 11.1 Å². The summed E-state index contributed by atoms with van der Waals surface area (Å²) < 4.78 is 0. The molecule has 0 saturated heterocycles. The lowest BCUT2D eigenvalue weighted by Crippen LogP contribution is -2.20. The summed E-state index contributed by atoms with van der Waals surface area (Å²) in [7, 11) is 0. The predicted octanol–water partition coefficient (Wildman–Crippen LogP) is 3.84. The topological polar surface area (TPSA) is 126 Å². The fourth-order valence-corrected chi connectivity index (χ4v) is 3.77.